The average Bonchev–Trinajstić information content (AvgIpc) is 2.47. The molecule has 0 aromatic heterocycles. The first-order valence-corrected chi connectivity index (χ1v) is 7.99. The van der Waals surface area contributed by atoms with Crippen molar-refractivity contribution in [3.8, 4) is 0 Å². The first kappa shape index (κ1) is 16.7. The van der Waals surface area contributed by atoms with Crippen LogP contribution in [0.15, 0.2) is 29.4 Å². The van der Waals surface area contributed by atoms with Crippen LogP contribution >= 0.6 is 0 Å². The zero-order valence-corrected chi connectivity index (χ0v) is 13.2. The molecule has 0 bridgehead atoms. The third-order valence-corrected chi connectivity index (χ3v) is 3.87. The average molecular weight is 275 g/mol. The molecular weight excluding hydrogens is 246 g/mol. The Balaban J connectivity index is 2.54. The van der Waals surface area contributed by atoms with Gasteiger partial charge in [-0.15, -0.1) is 0 Å². The predicted octanol–water partition coefficient (Wildman–Crippen LogP) is 5.23. The van der Waals surface area contributed by atoms with Crippen LogP contribution in [0, 0.1) is 5.92 Å². The van der Waals surface area contributed by atoms with Gasteiger partial charge in [0.05, 0.1) is 5.71 Å². The molecule has 2 nitrogen and oxygen atoms in total. The molecule has 1 aromatic rings. The molecule has 20 heavy (non-hydrogen) atoms. The minimum Gasteiger partial charge on any atom is -0.411 e. The van der Waals surface area contributed by atoms with Crippen LogP contribution in [0.1, 0.15) is 64.0 Å². The Hall–Kier alpha value is -1.31. The van der Waals surface area contributed by atoms with Gasteiger partial charge in [0, 0.05) is 5.92 Å². The van der Waals surface area contributed by atoms with E-state index in [2.05, 4.69) is 50.2 Å². The van der Waals surface area contributed by atoms with Gasteiger partial charge in [0.1, 0.15) is 0 Å². The van der Waals surface area contributed by atoms with E-state index in [1.807, 2.05) is 0 Å². The molecule has 1 N–H and O–H groups in total. The Labute approximate surface area is 123 Å². The quantitative estimate of drug-likeness (QED) is 0.373. The summed E-state index contributed by atoms with van der Waals surface area (Å²) in [5, 5.41) is 12.6. The molecule has 0 saturated carbocycles. The summed E-state index contributed by atoms with van der Waals surface area (Å²) in [6.45, 7) is 6.53. The Morgan fingerprint density at radius 3 is 2.20 bits per heavy atom. The van der Waals surface area contributed by atoms with Crippen molar-refractivity contribution < 1.29 is 5.21 Å². The van der Waals surface area contributed by atoms with Gasteiger partial charge >= 0.3 is 0 Å². The molecule has 0 amide bonds. The molecule has 1 unspecified atom stereocenters. The molecule has 0 heterocycles. The highest BCUT2D eigenvalue weighted by Crippen LogP contribution is 2.15. The van der Waals surface area contributed by atoms with Crippen LogP contribution in [0.4, 0.5) is 0 Å². The van der Waals surface area contributed by atoms with Crippen molar-refractivity contribution in [1.29, 1.82) is 0 Å². The maximum atomic E-state index is 9.13. The van der Waals surface area contributed by atoms with Crippen molar-refractivity contribution >= 4 is 5.71 Å². The summed E-state index contributed by atoms with van der Waals surface area (Å²) in [5.41, 5.74) is 3.68. The Morgan fingerprint density at radius 2 is 1.65 bits per heavy atom. The molecule has 0 aliphatic carbocycles. The first-order chi connectivity index (χ1) is 9.71. The lowest BCUT2D eigenvalue weighted by atomic mass is 9.93. The van der Waals surface area contributed by atoms with Crippen molar-refractivity contribution in [2.75, 3.05) is 0 Å². The number of nitrogens with zero attached hydrogens (tertiary/aromatic N) is 1. The molecule has 0 radical (unpaired) electrons. The van der Waals surface area contributed by atoms with Crippen LogP contribution in [0.5, 0.6) is 0 Å². The second-order valence-corrected chi connectivity index (χ2v) is 5.72. The fourth-order valence-electron chi connectivity index (χ4n) is 2.45. The number of benzene rings is 1. The molecule has 0 aliphatic rings. The minimum atomic E-state index is 0.313. The van der Waals surface area contributed by atoms with Gasteiger partial charge in [0.25, 0.3) is 0 Å². The summed E-state index contributed by atoms with van der Waals surface area (Å²) in [4.78, 5) is 0. The van der Waals surface area contributed by atoms with E-state index in [1.165, 1.54) is 30.4 Å². The van der Waals surface area contributed by atoms with E-state index < -0.39 is 0 Å². The second kappa shape index (κ2) is 9.57. The SMILES string of the molecule is CCCCC(=NO)C(C)Cc1ccc(CCCC)cc1. The summed E-state index contributed by atoms with van der Waals surface area (Å²) in [6, 6.07) is 8.91. The summed E-state index contributed by atoms with van der Waals surface area (Å²) in [5.74, 6) is 0.313. The van der Waals surface area contributed by atoms with Gasteiger partial charge < -0.3 is 5.21 Å². The number of rotatable bonds is 9. The fraction of sp³-hybridized carbons (Fsp3) is 0.611. The topological polar surface area (TPSA) is 32.6 Å². The summed E-state index contributed by atoms with van der Waals surface area (Å²) >= 11 is 0. The molecular formula is C18H29NO. The van der Waals surface area contributed by atoms with Gasteiger partial charge in [-0.1, -0.05) is 63.0 Å². The Kier molecular flexibility index (Phi) is 8.01. The third kappa shape index (κ3) is 5.77. The summed E-state index contributed by atoms with van der Waals surface area (Å²) in [6.07, 6.45) is 7.77. The first-order valence-electron chi connectivity index (χ1n) is 7.99. The molecule has 0 saturated heterocycles. The summed E-state index contributed by atoms with van der Waals surface area (Å²) in [7, 11) is 0. The molecule has 0 spiro atoms. The van der Waals surface area contributed by atoms with E-state index in [-0.39, 0.29) is 0 Å². The maximum Gasteiger partial charge on any atom is 0.0602 e. The van der Waals surface area contributed by atoms with Crippen LogP contribution in [0.2, 0.25) is 0 Å². The number of hydrogen-bond acceptors (Lipinski definition) is 2. The van der Waals surface area contributed by atoms with Crippen molar-refractivity contribution in [2.24, 2.45) is 11.1 Å². The standard InChI is InChI=1S/C18H29NO/c1-4-6-8-16-10-12-17(13-11-16)14-15(3)18(19-20)9-7-5-2/h10-13,15,20H,4-9,14H2,1-3H3. The molecule has 112 valence electrons. The van der Waals surface area contributed by atoms with Gasteiger partial charge in [-0.25, -0.2) is 0 Å². The lowest BCUT2D eigenvalue weighted by Gasteiger charge is -2.13. The highest BCUT2D eigenvalue weighted by molar-refractivity contribution is 5.86. The van der Waals surface area contributed by atoms with Gasteiger partial charge in [-0.05, 0) is 43.2 Å². The predicted molar refractivity (Wildman–Crippen MR) is 86.7 cm³/mol. The smallest absolute Gasteiger partial charge is 0.0602 e. The van der Waals surface area contributed by atoms with E-state index in [1.54, 1.807) is 0 Å². The largest absolute Gasteiger partial charge is 0.411 e. The van der Waals surface area contributed by atoms with Gasteiger partial charge in [0.15, 0.2) is 0 Å². The highest BCUT2D eigenvalue weighted by atomic mass is 16.4. The molecule has 1 atom stereocenters. The van der Waals surface area contributed by atoms with Gasteiger partial charge in [0.2, 0.25) is 0 Å². The van der Waals surface area contributed by atoms with Crippen molar-refractivity contribution in [3.63, 3.8) is 0 Å². The van der Waals surface area contributed by atoms with Crippen LogP contribution in [0.3, 0.4) is 0 Å². The van der Waals surface area contributed by atoms with Crippen LogP contribution in [0.25, 0.3) is 0 Å². The highest BCUT2D eigenvalue weighted by Gasteiger charge is 2.11. The molecule has 0 fully saturated rings. The molecule has 0 aliphatic heterocycles. The minimum absolute atomic E-state index is 0.313. The number of aryl methyl sites for hydroxylation is 1. The van der Waals surface area contributed by atoms with Crippen molar-refractivity contribution in [2.45, 2.75) is 65.7 Å². The van der Waals surface area contributed by atoms with E-state index in [4.69, 9.17) is 5.21 Å². The van der Waals surface area contributed by atoms with Crippen molar-refractivity contribution in [1.82, 2.24) is 0 Å². The zero-order chi connectivity index (χ0) is 14.8. The van der Waals surface area contributed by atoms with Gasteiger partial charge in [-0.3, -0.25) is 0 Å². The monoisotopic (exact) mass is 275 g/mol. The Bertz CT molecular complexity index is 394. The third-order valence-electron chi connectivity index (χ3n) is 3.87. The van der Waals surface area contributed by atoms with Crippen LogP contribution < -0.4 is 0 Å². The van der Waals surface area contributed by atoms with Gasteiger partial charge in [-0.2, -0.15) is 0 Å². The Morgan fingerprint density at radius 1 is 1.05 bits per heavy atom. The fourth-order valence-corrected chi connectivity index (χ4v) is 2.45. The number of oxime groups is 1. The second-order valence-electron chi connectivity index (χ2n) is 5.72. The molecule has 1 aromatic carbocycles. The summed E-state index contributed by atoms with van der Waals surface area (Å²) < 4.78 is 0. The maximum absolute atomic E-state index is 9.13. The number of unbranched alkanes of at least 4 members (excludes halogenated alkanes) is 2. The lowest BCUT2D eigenvalue weighted by Crippen LogP contribution is -2.14. The normalized spacial score (nSPS) is 13.4. The van der Waals surface area contributed by atoms with E-state index >= 15 is 0 Å². The van der Waals surface area contributed by atoms with E-state index in [0.717, 1.165) is 31.4 Å². The van der Waals surface area contributed by atoms with E-state index in [0.29, 0.717) is 5.92 Å². The van der Waals surface area contributed by atoms with Crippen LogP contribution in [-0.4, -0.2) is 10.9 Å². The number of hydrogen-bond donors (Lipinski definition) is 1. The van der Waals surface area contributed by atoms with Crippen molar-refractivity contribution in [3.05, 3.63) is 35.4 Å². The zero-order valence-electron chi connectivity index (χ0n) is 13.2. The van der Waals surface area contributed by atoms with Crippen LogP contribution in [-0.2, 0) is 12.8 Å². The molecule has 2 heteroatoms. The van der Waals surface area contributed by atoms with E-state index in [9.17, 15) is 0 Å². The lowest BCUT2D eigenvalue weighted by molar-refractivity contribution is 0.313. The molecule has 1 rings (SSSR count).